The van der Waals surface area contributed by atoms with Crippen molar-refractivity contribution in [1.29, 1.82) is 0 Å². The average molecular weight is 420 g/mol. The minimum Gasteiger partial charge on any atom is -0.486 e. The number of hydrogen-bond acceptors (Lipinski definition) is 5. The van der Waals surface area contributed by atoms with Crippen molar-refractivity contribution in [3.05, 3.63) is 78.4 Å². The van der Waals surface area contributed by atoms with E-state index in [4.69, 9.17) is 9.47 Å². The Balaban J connectivity index is 1.38. The van der Waals surface area contributed by atoms with Gasteiger partial charge in [0.2, 0.25) is 5.91 Å². The average Bonchev–Trinajstić information content (AvgIpc) is 2.78. The van der Waals surface area contributed by atoms with Crippen molar-refractivity contribution >= 4 is 35.0 Å². The van der Waals surface area contributed by atoms with Gasteiger partial charge in [0, 0.05) is 10.6 Å². The quantitative estimate of drug-likeness (QED) is 0.577. The van der Waals surface area contributed by atoms with Gasteiger partial charge in [-0.2, -0.15) is 0 Å². The molecule has 1 heterocycles. The maximum atomic E-state index is 12.6. The first-order chi connectivity index (χ1) is 14.7. The predicted molar refractivity (Wildman–Crippen MR) is 118 cm³/mol. The lowest BCUT2D eigenvalue weighted by Gasteiger charge is -2.18. The maximum absolute atomic E-state index is 12.6. The number of thioether (sulfide) groups is 1. The van der Waals surface area contributed by atoms with Crippen molar-refractivity contribution in [3.8, 4) is 11.5 Å². The molecule has 0 unspecified atom stereocenters. The van der Waals surface area contributed by atoms with Gasteiger partial charge in [0.1, 0.15) is 13.2 Å². The highest BCUT2D eigenvalue weighted by Gasteiger charge is 2.15. The van der Waals surface area contributed by atoms with Crippen LogP contribution in [0.2, 0.25) is 0 Å². The second-order valence-electron chi connectivity index (χ2n) is 6.51. The summed E-state index contributed by atoms with van der Waals surface area (Å²) in [5.74, 6) is 1.13. The lowest BCUT2D eigenvalue weighted by atomic mass is 10.1. The van der Waals surface area contributed by atoms with Crippen molar-refractivity contribution in [2.75, 3.05) is 29.6 Å². The third-order valence-electron chi connectivity index (χ3n) is 4.36. The van der Waals surface area contributed by atoms with E-state index in [1.165, 1.54) is 11.8 Å². The molecular weight excluding hydrogens is 400 g/mol. The van der Waals surface area contributed by atoms with Gasteiger partial charge in [0.05, 0.1) is 17.0 Å². The summed E-state index contributed by atoms with van der Waals surface area (Å²) in [6, 6.07) is 21.7. The fourth-order valence-corrected chi connectivity index (χ4v) is 3.68. The highest BCUT2D eigenvalue weighted by atomic mass is 32.2. The Morgan fingerprint density at radius 2 is 1.57 bits per heavy atom. The molecule has 3 aromatic carbocycles. The van der Waals surface area contributed by atoms with Crippen LogP contribution in [0.1, 0.15) is 10.4 Å². The normalized spacial score (nSPS) is 12.1. The standard InChI is InChI=1S/C23H20N2O4S/c26-22(15-30-17-10-11-20-21(14-17)29-13-12-28-20)25-19-9-5-4-8-18(19)23(27)24-16-6-2-1-3-7-16/h1-11,14H,12-13,15H2,(H,24,27)(H,25,26). The van der Waals surface area contributed by atoms with E-state index < -0.39 is 0 Å². The van der Waals surface area contributed by atoms with E-state index in [9.17, 15) is 9.59 Å². The molecule has 3 aromatic rings. The Morgan fingerprint density at radius 3 is 2.40 bits per heavy atom. The van der Waals surface area contributed by atoms with E-state index >= 15 is 0 Å². The number of amides is 2. The first-order valence-electron chi connectivity index (χ1n) is 9.47. The second kappa shape index (κ2) is 9.37. The summed E-state index contributed by atoms with van der Waals surface area (Å²) in [5.41, 5.74) is 1.57. The summed E-state index contributed by atoms with van der Waals surface area (Å²) in [4.78, 5) is 26.0. The molecule has 7 heteroatoms. The maximum Gasteiger partial charge on any atom is 0.257 e. The Kier molecular flexibility index (Phi) is 6.20. The number of benzene rings is 3. The van der Waals surface area contributed by atoms with Crippen LogP contribution < -0.4 is 20.1 Å². The van der Waals surface area contributed by atoms with Crippen LogP contribution in [0.5, 0.6) is 11.5 Å². The fourth-order valence-electron chi connectivity index (χ4n) is 2.96. The Bertz CT molecular complexity index is 1060. The fraction of sp³-hybridized carbons (Fsp3) is 0.130. The molecular formula is C23H20N2O4S. The molecule has 0 atom stereocenters. The van der Waals surface area contributed by atoms with Crippen LogP contribution >= 0.6 is 11.8 Å². The van der Waals surface area contributed by atoms with Crippen LogP contribution in [0, 0.1) is 0 Å². The molecule has 0 saturated heterocycles. The molecule has 0 bridgehead atoms. The molecule has 2 N–H and O–H groups in total. The number of hydrogen-bond donors (Lipinski definition) is 2. The van der Waals surface area contributed by atoms with Crippen molar-refractivity contribution in [2.45, 2.75) is 4.90 Å². The van der Waals surface area contributed by atoms with Crippen LogP contribution in [0.4, 0.5) is 11.4 Å². The van der Waals surface area contributed by atoms with Crippen LogP contribution in [-0.2, 0) is 4.79 Å². The van der Waals surface area contributed by atoms with E-state index in [2.05, 4.69) is 10.6 Å². The summed E-state index contributed by atoms with van der Waals surface area (Å²) < 4.78 is 11.1. The molecule has 2 amide bonds. The number of anilines is 2. The summed E-state index contributed by atoms with van der Waals surface area (Å²) >= 11 is 1.39. The number of carbonyl (C=O) groups is 2. The zero-order valence-corrected chi connectivity index (χ0v) is 16.9. The van der Waals surface area contributed by atoms with E-state index in [0.717, 1.165) is 4.90 Å². The Morgan fingerprint density at radius 1 is 0.833 bits per heavy atom. The number of ether oxygens (including phenoxy) is 2. The second-order valence-corrected chi connectivity index (χ2v) is 7.56. The zero-order chi connectivity index (χ0) is 20.8. The minimum absolute atomic E-state index is 0.199. The molecule has 0 aliphatic carbocycles. The lowest BCUT2D eigenvalue weighted by Crippen LogP contribution is -2.19. The monoisotopic (exact) mass is 420 g/mol. The van der Waals surface area contributed by atoms with Gasteiger partial charge in [0.25, 0.3) is 5.91 Å². The van der Waals surface area contributed by atoms with E-state index in [1.807, 2.05) is 48.5 Å². The van der Waals surface area contributed by atoms with E-state index in [0.29, 0.717) is 41.7 Å². The van der Waals surface area contributed by atoms with Crippen LogP contribution in [0.3, 0.4) is 0 Å². The molecule has 30 heavy (non-hydrogen) atoms. The first-order valence-corrected chi connectivity index (χ1v) is 10.5. The summed E-state index contributed by atoms with van der Waals surface area (Å²) in [7, 11) is 0. The third-order valence-corrected chi connectivity index (χ3v) is 5.35. The van der Waals surface area contributed by atoms with Gasteiger partial charge in [-0.1, -0.05) is 30.3 Å². The van der Waals surface area contributed by atoms with Crippen LogP contribution in [0.25, 0.3) is 0 Å². The molecule has 0 fully saturated rings. The van der Waals surface area contributed by atoms with Crippen molar-refractivity contribution in [1.82, 2.24) is 0 Å². The molecule has 0 radical (unpaired) electrons. The minimum atomic E-state index is -0.281. The molecule has 1 aliphatic rings. The number of nitrogens with one attached hydrogen (secondary N) is 2. The zero-order valence-electron chi connectivity index (χ0n) is 16.1. The Labute approximate surface area is 178 Å². The van der Waals surface area contributed by atoms with Gasteiger partial charge in [-0.05, 0) is 42.5 Å². The molecule has 152 valence electrons. The van der Waals surface area contributed by atoms with E-state index in [-0.39, 0.29) is 17.6 Å². The van der Waals surface area contributed by atoms with Crippen LogP contribution in [0.15, 0.2) is 77.7 Å². The number of para-hydroxylation sites is 2. The smallest absolute Gasteiger partial charge is 0.257 e. The van der Waals surface area contributed by atoms with Gasteiger partial charge in [-0.25, -0.2) is 0 Å². The largest absolute Gasteiger partial charge is 0.486 e. The van der Waals surface area contributed by atoms with Gasteiger partial charge < -0.3 is 20.1 Å². The molecule has 4 rings (SSSR count). The number of fused-ring (bicyclic) bond motifs is 1. The van der Waals surface area contributed by atoms with Gasteiger partial charge in [0.15, 0.2) is 11.5 Å². The van der Waals surface area contributed by atoms with Crippen molar-refractivity contribution in [2.24, 2.45) is 0 Å². The van der Waals surface area contributed by atoms with Gasteiger partial charge >= 0.3 is 0 Å². The van der Waals surface area contributed by atoms with Crippen LogP contribution in [-0.4, -0.2) is 30.8 Å². The molecule has 0 saturated carbocycles. The topological polar surface area (TPSA) is 76.7 Å². The number of rotatable bonds is 6. The summed E-state index contributed by atoms with van der Waals surface area (Å²) in [6.45, 7) is 1.06. The summed E-state index contributed by atoms with van der Waals surface area (Å²) in [6.07, 6.45) is 0. The molecule has 6 nitrogen and oxygen atoms in total. The highest BCUT2D eigenvalue weighted by molar-refractivity contribution is 8.00. The van der Waals surface area contributed by atoms with Crippen molar-refractivity contribution in [3.63, 3.8) is 0 Å². The van der Waals surface area contributed by atoms with E-state index in [1.54, 1.807) is 24.3 Å². The SMILES string of the molecule is O=C(CSc1ccc2c(c1)OCCO2)Nc1ccccc1C(=O)Nc1ccccc1. The summed E-state index contributed by atoms with van der Waals surface area (Å²) in [5, 5.41) is 5.67. The highest BCUT2D eigenvalue weighted by Crippen LogP contribution is 2.34. The first kappa shape index (κ1) is 19.8. The van der Waals surface area contributed by atoms with Gasteiger partial charge in [-0.3, -0.25) is 9.59 Å². The molecule has 0 spiro atoms. The molecule has 0 aromatic heterocycles. The predicted octanol–water partition coefficient (Wildman–Crippen LogP) is 4.44. The lowest BCUT2D eigenvalue weighted by molar-refractivity contribution is -0.113. The molecule has 1 aliphatic heterocycles. The van der Waals surface area contributed by atoms with Crippen molar-refractivity contribution < 1.29 is 19.1 Å². The number of carbonyl (C=O) groups excluding carboxylic acids is 2. The Hall–Kier alpha value is -3.45. The third kappa shape index (κ3) is 4.93. The van der Waals surface area contributed by atoms with Gasteiger partial charge in [-0.15, -0.1) is 11.8 Å².